The second-order valence-electron chi connectivity index (χ2n) is 6.14. The van der Waals surface area contributed by atoms with E-state index < -0.39 is 17.9 Å². The van der Waals surface area contributed by atoms with E-state index in [1.807, 2.05) is 13.8 Å². The number of rotatable bonds is 8. The van der Waals surface area contributed by atoms with Gasteiger partial charge in [-0.3, -0.25) is 4.79 Å². The van der Waals surface area contributed by atoms with Crippen molar-refractivity contribution in [1.82, 2.24) is 20.3 Å². The molecule has 0 aliphatic carbocycles. The lowest BCUT2D eigenvalue weighted by Crippen LogP contribution is -2.43. The van der Waals surface area contributed by atoms with Crippen LogP contribution in [-0.2, 0) is 16.0 Å². The van der Waals surface area contributed by atoms with Gasteiger partial charge in [-0.05, 0) is 12.3 Å². The highest BCUT2D eigenvalue weighted by molar-refractivity contribution is 5.95. The minimum Gasteiger partial charge on any atom is -0.467 e. The number of carbonyl (C=O) groups is 2. The van der Waals surface area contributed by atoms with Crippen LogP contribution in [0.5, 0.6) is 0 Å². The summed E-state index contributed by atoms with van der Waals surface area (Å²) in [4.78, 5) is 35.1. The first-order valence-corrected chi connectivity index (χ1v) is 7.97. The Labute approximate surface area is 145 Å². The summed E-state index contributed by atoms with van der Waals surface area (Å²) in [6.45, 7) is 4.07. The van der Waals surface area contributed by atoms with Crippen LogP contribution >= 0.6 is 0 Å². The summed E-state index contributed by atoms with van der Waals surface area (Å²) >= 11 is 0. The summed E-state index contributed by atoms with van der Waals surface area (Å²) in [6, 6.07) is -1.26. The van der Waals surface area contributed by atoms with Crippen LogP contribution in [0.15, 0.2) is 23.2 Å². The standard InChI is InChI=1S/C16H23N5O4/c1-9(2)4-11(17)15-21-13(7-25-15)14(22)20-12(16(23)24-3)5-10-6-18-8-19-10/h6-9,11-12H,4-5,17H2,1-3H3,(H,18,19)(H,20,22). The number of esters is 1. The summed E-state index contributed by atoms with van der Waals surface area (Å²) in [5, 5.41) is 2.59. The summed E-state index contributed by atoms with van der Waals surface area (Å²) in [7, 11) is 1.26. The molecule has 2 unspecified atom stereocenters. The predicted molar refractivity (Wildman–Crippen MR) is 88.4 cm³/mol. The van der Waals surface area contributed by atoms with Gasteiger partial charge in [0.15, 0.2) is 5.69 Å². The van der Waals surface area contributed by atoms with Crippen molar-refractivity contribution in [1.29, 1.82) is 0 Å². The number of H-pyrrole nitrogens is 1. The predicted octanol–water partition coefficient (Wildman–Crippen LogP) is 0.958. The summed E-state index contributed by atoms with van der Waals surface area (Å²) < 4.78 is 10.0. The number of nitrogens with zero attached hydrogens (tertiary/aromatic N) is 2. The molecule has 9 nitrogen and oxygen atoms in total. The molecule has 1 amide bonds. The van der Waals surface area contributed by atoms with Crippen LogP contribution in [0.4, 0.5) is 0 Å². The summed E-state index contributed by atoms with van der Waals surface area (Å²) in [5.74, 6) is -0.441. The van der Waals surface area contributed by atoms with E-state index in [4.69, 9.17) is 14.9 Å². The fraction of sp³-hybridized carbons (Fsp3) is 0.500. The van der Waals surface area contributed by atoms with Gasteiger partial charge in [0.2, 0.25) is 5.89 Å². The van der Waals surface area contributed by atoms with E-state index in [2.05, 4.69) is 20.3 Å². The molecule has 2 atom stereocenters. The molecule has 9 heteroatoms. The van der Waals surface area contributed by atoms with E-state index >= 15 is 0 Å². The Morgan fingerprint density at radius 3 is 2.80 bits per heavy atom. The monoisotopic (exact) mass is 349 g/mol. The SMILES string of the molecule is COC(=O)C(Cc1cnc[nH]1)NC(=O)c1coc(C(N)CC(C)C)n1. The van der Waals surface area contributed by atoms with Crippen LogP contribution in [0.3, 0.4) is 0 Å². The lowest BCUT2D eigenvalue weighted by molar-refractivity contribution is -0.142. The number of amides is 1. The number of methoxy groups -OCH3 is 1. The Morgan fingerprint density at radius 2 is 2.20 bits per heavy atom. The molecule has 0 aliphatic rings. The number of hydrogen-bond donors (Lipinski definition) is 3. The summed E-state index contributed by atoms with van der Waals surface area (Å²) in [6.07, 6.45) is 5.20. The topological polar surface area (TPSA) is 136 Å². The first-order valence-electron chi connectivity index (χ1n) is 7.97. The Kier molecular flexibility index (Phi) is 6.29. The molecule has 0 aliphatic heterocycles. The smallest absolute Gasteiger partial charge is 0.328 e. The Bertz CT molecular complexity index is 695. The van der Waals surface area contributed by atoms with E-state index in [9.17, 15) is 9.59 Å². The zero-order chi connectivity index (χ0) is 18.4. The van der Waals surface area contributed by atoms with Gasteiger partial charge in [-0.1, -0.05) is 13.8 Å². The number of nitrogens with one attached hydrogen (secondary N) is 2. The normalized spacial score (nSPS) is 13.5. The van der Waals surface area contributed by atoms with Crippen LogP contribution in [0.1, 0.15) is 48.4 Å². The average molecular weight is 349 g/mol. The first-order chi connectivity index (χ1) is 11.9. The molecule has 2 aromatic rings. The summed E-state index contributed by atoms with van der Waals surface area (Å²) in [5.41, 5.74) is 6.75. The van der Waals surface area contributed by atoms with Gasteiger partial charge in [0, 0.05) is 18.3 Å². The lowest BCUT2D eigenvalue weighted by atomic mass is 10.0. The van der Waals surface area contributed by atoms with Crippen molar-refractivity contribution < 1.29 is 18.7 Å². The highest BCUT2D eigenvalue weighted by Crippen LogP contribution is 2.18. The van der Waals surface area contributed by atoms with Gasteiger partial charge in [-0.25, -0.2) is 14.8 Å². The van der Waals surface area contributed by atoms with Crippen molar-refractivity contribution in [2.24, 2.45) is 11.7 Å². The molecule has 0 bridgehead atoms. The lowest BCUT2D eigenvalue weighted by Gasteiger charge is -2.14. The van der Waals surface area contributed by atoms with Crippen molar-refractivity contribution in [3.05, 3.63) is 36.1 Å². The van der Waals surface area contributed by atoms with Gasteiger partial charge in [-0.15, -0.1) is 0 Å². The van der Waals surface area contributed by atoms with Crippen molar-refractivity contribution in [3.63, 3.8) is 0 Å². The maximum Gasteiger partial charge on any atom is 0.328 e. The number of hydrogen-bond acceptors (Lipinski definition) is 7. The second-order valence-corrected chi connectivity index (χ2v) is 6.14. The number of imidazole rings is 1. The van der Waals surface area contributed by atoms with E-state index in [1.165, 1.54) is 19.7 Å². The molecule has 0 spiro atoms. The zero-order valence-corrected chi connectivity index (χ0v) is 14.5. The zero-order valence-electron chi connectivity index (χ0n) is 14.5. The molecule has 25 heavy (non-hydrogen) atoms. The molecule has 2 rings (SSSR count). The highest BCUT2D eigenvalue weighted by Gasteiger charge is 2.25. The fourth-order valence-electron chi connectivity index (χ4n) is 2.35. The van der Waals surface area contributed by atoms with E-state index in [1.54, 1.807) is 6.20 Å². The number of aromatic amines is 1. The Balaban J connectivity index is 2.05. The van der Waals surface area contributed by atoms with Gasteiger partial charge in [-0.2, -0.15) is 0 Å². The maximum absolute atomic E-state index is 12.4. The van der Waals surface area contributed by atoms with Crippen LogP contribution in [0.25, 0.3) is 0 Å². The third kappa shape index (κ3) is 5.15. The molecular weight excluding hydrogens is 326 g/mol. The number of oxazole rings is 1. The average Bonchev–Trinajstić information content (AvgIpc) is 3.24. The number of carbonyl (C=O) groups excluding carboxylic acids is 2. The van der Waals surface area contributed by atoms with Crippen LogP contribution in [-0.4, -0.2) is 40.0 Å². The molecule has 2 aromatic heterocycles. The Hall–Kier alpha value is -2.68. The third-order valence-corrected chi connectivity index (χ3v) is 3.57. The quantitative estimate of drug-likeness (QED) is 0.604. The molecule has 0 radical (unpaired) electrons. The van der Waals surface area contributed by atoms with Crippen LogP contribution in [0, 0.1) is 5.92 Å². The van der Waals surface area contributed by atoms with Gasteiger partial charge in [0.05, 0.1) is 19.5 Å². The molecule has 0 saturated carbocycles. The first kappa shape index (κ1) is 18.7. The van der Waals surface area contributed by atoms with Gasteiger partial charge in [0.25, 0.3) is 5.91 Å². The van der Waals surface area contributed by atoms with Crippen molar-refractivity contribution in [2.75, 3.05) is 7.11 Å². The van der Waals surface area contributed by atoms with E-state index in [-0.39, 0.29) is 18.2 Å². The molecule has 2 heterocycles. The van der Waals surface area contributed by atoms with E-state index in [0.29, 0.717) is 23.9 Å². The van der Waals surface area contributed by atoms with Gasteiger partial charge < -0.3 is 25.2 Å². The molecule has 4 N–H and O–H groups in total. The van der Waals surface area contributed by atoms with Gasteiger partial charge in [0.1, 0.15) is 12.3 Å². The molecule has 0 saturated heterocycles. The molecule has 0 aromatic carbocycles. The highest BCUT2D eigenvalue weighted by atomic mass is 16.5. The molecule has 136 valence electrons. The molecule has 0 fully saturated rings. The number of aromatic nitrogens is 3. The molecular formula is C16H23N5O4. The van der Waals surface area contributed by atoms with Gasteiger partial charge >= 0.3 is 5.97 Å². The number of nitrogens with two attached hydrogens (primary N) is 1. The van der Waals surface area contributed by atoms with Crippen molar-refractivity contribution >= 4 is 11.9 Å². The maximum atomic E-state index is 12.4. The fourth-order valence-corrected chi connectivity index (χ4v) is 2.35. The Morgan fingerprint density at radius 1 is 1.44 bits per heavy atom. The minimum atomic E-state index is -0.873. The van der Waals surface area contributed by atoms with Crippen LogP contribution < -0.4 is 11.1 Å². The van der Waals surface area contributed by atoms with Crippen molar-refractivity contribution in [2.45, 2.75) is 38.8 Å². The second kappa shape index (κ2) is 8.43. The third-order valence-electron chi connectivity index (χ3n) is 3.57. The van der Waals surface area contributed by atoms with E-state index in [0.717, 1.165) is 0 Å². The minimum absolute atomic E-state index is 0.0627. The van der Waals surface area contributed by atoms with Crippen molar-refractivity contribution in [3.8, 4) is 0 Å². The van der Waals surface area contributed by atoms with Crippen LogP contribution in [0.2, 0.25) is 0 Å². The largest absolute Gasteiger partial charge is 0.467 e. The number of ether oxygens (including phenoxy) is 1.